The summed E-state index contributed by atoms with van der Waals surface area (Å²) in [5, 5.41) is 2.67. The van der Waals surface area contributed by atoms with Gasteiger partial charge in [-0.3, -0.25) is 9.78 Å². The summed E-state index contributed by atoms with van der Waals surface area (Å²) in [6.07, 6.45) is 4.37. The van der Waals surface area contributed by atoms with Crippen LogP contribution in [0.5, 0.6) is 5.75 Å². The molecule has 2 aromatic rings. The van der Waals surface area contributed by atoms with Crippen molar-refractivity contribution < 1.29 is 17.9 Å². The van der Waals surface area contributed by atoms with Gasteiger partial charge in [0, 0.05) is 32.0 Å². The van der Waals surface area contributed by atoms with E-state index in [9.17, 15) is 13.2 Å². The number of aryl methyl sites for hydroxylation is 1. The lowest BCUT2D eigenvalue weighted by Crippen LogP contribution is -2.39. The maximum Gasteiger partial charge on any atom is 0.257 e. The van der Waals surface area contributed by atoms with Gasteiger partial charge in [0.25, 0.3) is 5.91 Å². The van der Waals surface area contributed by atoms with Gasteiger partial charge in [-0.1, -0.05) is 17.7 Å². The highest BCUT2D eigenvalue weighted by atomic mass is 32.2. The van der Waals surface area contributed by atoms with E-state index in [0.29, 0.717) is 5.75 Å². The van der Waals surface area contributed by atoms with E-state index in [4.69, 9.17) is 4.74 Å². The van der Waals surface area contributed by atoms with Crippen LogP contribution in [0.4, 0.5) is 0 Å². The number of aromatic nitrogens is 1. The third-order valence-corrected chi connectivity index (χ3v) is 4.90. The van der Waals surface area contributed by atoms with Gasteiger partial charge in [0.15, 0.2) is 6.61 Å². The Morgan fingerprint density at radius 1 is 1.15 bits per heavy atom. The second-order valence-electron chi connectivity index (χ2n) is 5.90. The smallest absolute Gasteiger partial charge is 0.257 e. The van der Waals surface area contributed by atoms with Crippen LogP contribution in [-0.4, -0.2) is 49.6 Å². The van der Waals surface area contributed by atoms with Crippen LogP contribution < -0.4 is 10.1 Å². The summed E-state index contributed by atoms with van der Waals surface area (Å²) in [4.78, 5) is 15.8. The summed E-state index contributed by atoms with van der Waals surface area (Å²) in [5.74, 6) is 0.309. The van der Waals surface area contributed by atoms with E-state index in [1.165, 1.54) is 4.31 Å². The first kappa shape index (κ1) is 19.9. The number of pyridine rings is 1. The van der Waals surface area contributed by atoms with Crippen LogP contribution >= 0.6 is 0 Å². The van der Waals surface area contributed by atoms with Gasteiger partial charge in [-0.2, -0.15) is 4.31 Å². The van der Waals surface area contributed by atoms with Gasteiger partial charge >= 0.3 is 0 Å². The van der Waals surface area contributed by atoms with Crippen LogP contribution in [-0.2, 0) is 21.4 Å². The molecule has 7 nitrogen and oxygen atoms in total. The number of nitrogens with one attached hydrogen (secondary N) is 1. The largest absolute Gasteiger partial charge is 0.484 e. The SMILES string of the molecule is Cc1ccc(OCC(=O)NCCN(Cc2ccncc2)S(C)(=O)=O)cc1. The molecule has 26 heavy (non-hydrogen) atoms. The first-order chi connectivity index (χ1) is 12.3. The van der Waals surface area contributed by atoms with Gasteiger partial charge in [0.2, 0.25) is 10.0 Å². The van der Waals surface area contributed by atoms with Crippen LogP contribution in [0.1, 0.15) is 11.1 Å². The molecule has 140 valence electrons. The highest BCUT2D eigenvalue weighted by molar-refractivity contribution is 7.88. The lowest BCUT2D eigenvalue weighted by atomic mass is 10.2. The molecular weight excluding hydrogens is 354 g/mol. The van der Waals surface area contributed by atoms with E-state index in [1.54, 1.807) is 36.7 Å². The molecule has 0 aliphatic carbocycles. The Bertz CT molecular complexity index is 808. The Kier molecular flexibility index (Phi) is 7.11. The molecule has 8 heteroatoms. The highest BCUT2D eigenvalue weighted by Crippen LogP contribution is 2.11. The first-order valence-corrected chi connectivity index (χ1v) is 9.99. The number of sulfonamides is 1. The zero-order chi connectivity index (χ0) is 19.0. The first-order valence-electron chi connectivity index (χ1n) is 8.15. The summed E-state index contributed by atoms with van der Waals surface area (Å²) in [6, 6.07) is 10.9. The molecule has 0 atom stereocenters. The number of benzene rings is 1. The Hall–Kier alpha value is -2.45. The van der Waals surface area contributed by atoms with Crippen molar-refractivity contribution in [1.82, 2.24) is 14.6 Å². The van der Waals surface area contributed by atoms with Crippen molar-refractivity contribution in [1.29, 1.82) is 0 Å². The van der Waals surface area contributed by atoms with Gasteiger partial charge in [-0.25, -0.2) is 8.42 Å². The fourth-order valence-corrected chi connectivity index (χ4v) is 3.01. The quantitative estimate of drug-likeness (QED) is 0.713. The minimum atomic E-state index is -3.39. The van der Waals surface area contributed by atoms with Crippen LogP contribution in [0, 0.1) is 6.92 Å². The van der Waals surface area contributed by atoms with Crippen LogP contribution in [0.2, 0.25) is 0 Å². The Morgan fingerprint density at radius 3 is 2.42 bits per heavy atom. The van der Waals surface area contributed by atoms with Gasteiger partial charge < -0.3 is 10.1 Å². The van der Waals surface area contributed by atoms with Crippen molar-refractivity contribution in [2.24, 2.45) is 0 Å². The third-order valence-electron chi connectivity index (χ3n) is 3.65. The number of hydrogen-bond acceptors (Lipinski definition) is 5. The van der Waals surface area contributed by atoms with Gasteiger partial charge in [-0.15, -0.1) is 0 Å². The van der Waals surface area contributed by atoms with E-state index in [0.717, 1.165) is 17.4 Å². The number of nitrogens with zero attached hydrogens (tertiary/aromatic N) is 2. The lowest BCUT2D eigenvalue weighted by Gasteiger charge is -2.20. The topological polar surface area (TPSA) is 88.6 Å². The van der Waals surface area contributed by atoms with Crippen molar-refractivity contribution >= 4 is 15.9 Å². The van der Waals surface area contributed by atoms with Gasteiger partial charge in [-0.05, 0) is 36.8 Å². The number of carbonyl (C=O) groups excluding carboxylic acids is 1. The summed E-state index contributed by atoms with van der Waals surface area (Å²) < 4.78 is 30.5. The van der Waals surface area contributed by atoms with E-state index < -0.39 is 10.0 Å². The molecular formula is C18H23N3O4S. The van der Waals surface area contributed by atoms with Crippen molar-refractivity contribution in [3.05, 3.63) is 59.9 Å². The van der Waals surface area contributed by atoms with E-state index >= 15 is 0 Å². The molecule has 0 saturated heterocycles. The molecule has 2 rings (SSSR count). The minimum absolute atomic E-state index is 0.119. The molecule has 0 aliphatic rings. The lowest BCUT2D eigenvalue weighted by molar-refractivity contribution is -0.123. The fourth-order valence-electron chi connectivity index (χ4n) is 2.21. The standard InChI is InChI=1S/C18H23N3O4S/c1-15-3-5-17(6-4-15)25-14-18(22)20-11-12-21(26(2,23)24)13-16-7-9-19-10-8-16/h3-10H,11-14H2,1-2H3,(H,20,22). The fraction of sp³-hybridized carbons (Fsp3) is 0.333. The summed E-state index contributed by atoms with van der Waals surface area (Å²) in [5.41, 5.74) is 1.94. The maximum atomic E-state index is 11.9. The molecule has 1 aromatic heterocycles. The average molecular weight is 377 g/mol. The molecule has 0 unspecified atom stereocenters. The highest BCUT2D eigenvalue weighted by Gasteiger charge is 2.17. The molecule has 1 aromatic carbocycles. The van der Waals surface area contributed by atoms with Gasteiger partial charge in [0.1, 0.15) is 5.75 Å². The maximum absolute atomic E-state index is 11.9. The van der Waals surface area contributed by atoms with Crippen molar-refractivity contribution in [3.63, 3.8) is 0 Å². The molecule has 0 aliphatic heterocycles. The zero-order valence-corrected chi connectivity index (χ0v) is 15.7. The summed E-state index contributed by atoms with van der Waals surface area (Å²) in [6.45, 7) is 2.46. The molecule has 0 bridgehead atoms. The van der Waals surface area contributed by atoms with Crippen molar-refractivity contribution in [3.8, 4) is 5.75 Å². The molecule has 0 radical (unpaired) electrons. The average Bonchev–Trinajstić information content (AvgIpc) is 2.60. The number of amides is 1. The van der Waals surface area contributed by atoms with Gasteiger partial charge in [0.05, 0.1) is 6.26 Å². The third kappa shape index (κ3) is 6.81. The predicted molar refractivity (Wildman–Crippen MR) is 99.2 cm³/mol. The second kappa shape index (κ2) is 9.30. The second-order valence-corrected chi connectivity index (χ2v) is 7.89. The van der Waals surface area contributed by atoms with E-state index in [1.807, 2.05) is 19.1 Å². The van der Waals surface area contributed by atoms with Crippen molar-refractivity contribution in [2.75, 3.05) is 26.0 Å². The normalized spacial score (nSPS) is 11.3. The molecule has 0 saturated carbocycles. The summed E-state index contributed by atoms with van der Waals surface area (Å²) in [7, 11) is -3.39. The van der Waals surface area contributed by atoms with Crippen LogP contribution in [0.15, 0.2) is 48.8 Å². The number of ether oxygens (including phenoxy) is 1. The van der Waals surface area contributed by atoms with Crippen LogP contribution in [0.25, 0.3) is 0 Å². The Balaban J connectivity index is 1.79. The Morgan fingerprint density at radius 2 is 1.81 bits per heavy atom. The minimum Gasteiger partial charge on any atom is -0.484 e. The van der Waals surface area contributed by atoms with E-state index in [2.05, 4.69) is 10.3 Å². The van der Waals surface area contributed by atoms with Crippen LogP contribution in [0.3, 0.4) is 0 Å². The summed E-state index contributed by atoms with van der Waals surface area (Å²) >= 11 is 0. The van der Waals surface area contributed by atoms with E-state index in [-0.39, 0.29) is 32.1 Å². The molecule has 1 heterocycles. The predicted octanol–water partition coefficient (Wildman–Crippen LogP) is 1.35. The molecule has 0 fully saturated rings. The molecule has 1 amide bonds. The van der Waals surface area contributed by atoms with Crippen molar-refractivity contribution in [2.45, 2.75) is 13.5 Å². The number of carbonyl (C=O) groups is 1. The Labute approximate surface area is 154 Å². The number of hydrogen-bond donors (Lipinski definition) is 1. The molecule has 0 spiro atoms. The monoisotopic (exact) mass is 377 g/mol. The molecule has 1 N–H and O–H groups in total. The number of rotatable bonds is 9. The zero-order valence-electron chi connectivity index (χ0n) is 14.9.